The summed E-state index contributed by atoms with van der Waals surface area (Å²) in [6, 6.07) is 4.08. The van der Waals surface area contributed by atoms with Crippen LogP contribution in [0.5, 0.6) is 5.75 Å². The summed E-state index contributed by atoms with van der Waals surface area (Å²) in [5, 5.41) is 10.5. The number of hydrogen-bond donors (Lipinski definition) is 1. The van der Waals surface area contributed by atoms with Crippen molar-refractivity contribution in [2.75, 3.05) is 0 Å². The van der Waals surface area contributed by atoms with E-state index < -0.39 is 0 Å². The summed E-state index contributed by atoms with van der Waals surface area (Å²) in [5.41, 5.74) is 4.18. The summed E-state index contributed by atoms with van der Waals surface area (Å²) in [5.74, 6) is 0.536. The Morgan fingerprint density at radius 2 is 1.04 bits per heavy atom. The van der Waals surface area contributed by atoms with E-state index in [1.165, 1.54) is 100 Å². The van der Waals surface area contributed by atoms with Gasteiger partial charge in [0.25, 0.3) is 0 Å². The van der Waals surface area contributed by atoms with E-state index in [9.17, 15) is 5.11 Å². The number of rotatable bonds is 16. The van der Waals surface area contributed by atoms with Crippen LogP contribution in [-0.4, -0.2) is 5.11 Å². The molecule has 0 bridgehead atoms. The molecule has 1 aromatic rings. The largest absolute Gasteiger partial charge is 0.508 e. The summed E-state index contributed by atoms with van der Waals surface area (Å²) in [4.78, 5) is 0. The Kier molecular flexibility index (Phi) is 13.4. The topological polar surface area (TPSA) is 20.2 Å². The van der Waals surface area contributed by atoms with Crippen molar-refractivity contribution in [3.05, 3.63) is 28.8 Å². The number of aromatic hydroxyl groups is 1. The maximum absolute atomic E-state index is 10.5. The fourth-order valence-corrected chi connectivity index (χ4v) is 3.99. The SMILES string of the molecule is CCCCCCCCCc1c(O)ccc(CC)c1CCCCCCCC. The first-order valence-electron chi connectivity index (χ1n) is 11.6. The Morgan fingerprint density at radius 3 is 1.54 bits per heavy atom. The Morgan fingerprint density at radius 1 is 0.577 bits per heavy atom. The zero-order valence-corrected chi connectivity index (χ0v) is 17.9. The molecule has 1 heteroatoms. The zero-order chi connectivity index (χ0) is 19.0. The number of unbranched alkanes of at least 4 members (excludes halogenated alkanes) is 11. The van der Waals surface area contributed by atoms with E-state index in [2.05, 4.69) is 26.8 Å². The first-order valence-corrected chi connectivity index (χ1v) is 11.6. The third-order valence-corrected chi connectivity index (χ3v) is 5.70. The van der Waals surface area contributed by atoms with Crippen LogP contribution in [0.1, 0.15) is 121 Å². The van der Waals surface area contributed by atoms with E-state index >= 15 is 0 Å². The minimum absolute atomic E-state index is 0.536. The predicted molar refractivity (Wildman–Crippen MR) is 116 cm³/mol. The van der Waals surface area contributed by atoms with Crippen molar-refractivity contribution in [3.8, 4) is 5.75 Å². The van der Waals surface area contributed by atoms with Crippen LogP contribution in [0.15, 0.2) is 12.1 Å². The summed E-state index contributed by atoms with van der Waals surface area (Å²) in [6.45, 7) is 6.79. The second-order valence-corrected chi connectivity index (χ2v) is 7.94. The fraction of sp³-hybridized carbons (Fsp3) is 0.760. The van der Waals surface area contributed by atoms with Gasteiger partial charge in [-0.3, -0.25) is 0 Å². The van der Waals surface area contributed by atoms with Gasteiger partial charge in [0.2, 0.25) is 0 Å². The molecule has 0 spiro atoms. The molecule has 0 aliphatic heterocycles. The maximum atomic E-state index is 10.5. The van der Waals surface area contributed by atoms with E-state index in [0.717, 1.165) is 19.3 Å². The molecule has 0 saturated heterocycles. The maximum Gasteiger partial charge on any atom is 0.119 e. The van der Waals surface area contributed by atoms with Crippen LogP contribution in [0.3, 0.4) is 0 Å². The van der Waals surface area contributed by atoms with Gasteiger partial charge in [-0.2, -0.15) is 0 Å². The lowest BCUT2D eigenvalue weighted by atomic mass is 9.90. The lowest BCUT2D eigenvalue weighted by Gasteiger charge is -2.16. The van der Waals surface area contributed by atoms with Gasteiger partial charge >= 0.3 is 0 Å². The Labute approximate surface area is 163 Å². The van der Waals surface area contributed by atoms with Crippen molar-refractivity contribution in [2.24, 2.45) is 0 Å². The van der Waals surface area contributed by atoms with Gasteiger partial charge in [-0.15, -0.1) is 0 Å². The average Bonchev–Trinajstić information content (AvgIpc) is 2.65. The fourth-order valence-electron chi connectivity index (χ4n) is 3.99. The van der Waals surface area contributed by atoms with Crippen molar-refractivity contribution in [1.29, 1.82) is 0 Å². The van der Waals surface area contributed by atoms with Gasteiger partial charge in [0.15, 0.2) is 0 Å². The molecule has 0 radical (unpaired) electrons. The highest BCUT2D eigenvalue weighted by Crippen LogP contribution is 2.29. The minimum Gasteiger partial charge on any atom is -0.508 e. The number of phenolic OH excluding ortho intramolecular Hbond substituents is 1. The lowest BCUT2D eigenvalue weighted by molar-refractivity contribution is 0.463. The van der Waals surface area contributed by atoms with Crippen LogP contribution in [-0.2, 0) is 19.3 Å². The molecule has 0 saturated carbocycles. The van der Waals surface area contributed by atoms with Crippen molar-refractivity contribution in [2.45, 2.75) is 124 Å². The van der Waals surface area contributed by atoms with Crippen molar-refractivity contribution < 1.29 is 5.11 Å². The lowest BCUT2D eigenvalue weighted by Crippen LogP contribution is -2.01. The average molecular weight is 361 g/mol. The number of hydrogen-bond acceptors (Lipinski definition) is 1. The minimum atomic E-state index is 0.536. The third-order valence-electron chi connectivity index (χ3n) is 5.70. The molecule has 1 N–H and O–H groups in total. The van der Waals surface area contributed by atoms with Crippen LogP contribution in [0.4, 0.5) is 0 Å². The molecule has 150 valence electrons. The number of phenols is 1. The molecule has 0 atom stereocenters. The summed E-state index contributed by atoms with van der Waals surface area (Å²) in [7, 11) is 0. The van der Waals surface area contributed by atoms with Crippen LogP contribution < -0.4 is 0 Å². The molecule has 0 amide bonds. The number of benzene rings is 1. The van der Waals surface area contributed by atoms with Gasteiger partial charge in [0.05, 0.1) is 0 Å². The van der Waals surface area contributed by atoms with E-state index in [4.69, 9.17) is 0 Å². The van der Waals surface area contributed by atoms with Crippen LogP contribution >= 0.6 is 0 Å². The molecule has 1 nitrogen and oxygen atoms in total. The molecular formula is C25H44O. The first kappa shape index (κ1) is 23.1. The van der Waals surface area contributed by atoms with E-state index in [-0.39, 0.29) is 0 Å². The summed E-state index contributed by atoms with van der Waals surface area (Å²) in [6.07, 6.45) is 20.6. The Hall–Kier alpha value is -0.980. The molecule has 0 unspecified atom stereocenters. The molecule has 1 rings (SSSR count). The third kappa shape index (κ3) is 9.10. The standard InChI is InChI=1S/C25H44O/c1-4-7-9-11-13-15-17-19-24-23(18-16-14-12-10-8-5-2)22(6-3)20-21-25(24)26/h20-21,26H,4-19H2,1-3H3. The highest BCUT2D eigenvalue weighted by Gasteiger charge is 2.12. The smallest absolute Gasteiger partial charge is 0.119 e. The highest BCUT2D eigenvalue weighted by atomic mass is 16.3. The molecule has 0 aromatic heterocycles. The molecule has 0 aliphatic carbocycles. The normalized spacial score (nSPS) is 11.2. The van der Waals surface area contributed by atoms with Gasteiger partial charge in [-0.25, -0.2) is 0 Å². The second kappa shape index (κ2) is 15.1. The van der Waals surface area contributed by atoms with E-state index in [0.29, 0.717) is 5.75 Å². The summed E-state index contributed by atoms with van der Waals surface area (Å²) < 4.78 is 0. The van der Waals surface area contributed by atoms with Crippen molar-refractivity contribution >= 4 is 0 Å². The molecule has 0 aliphatic rings. The monoisotopic (exact) mass is 360 g/mol. The predicted octanol–water partition coefficient (Wildman–Crippen LogP) is 8.15. The summed E-state index contributed by atoms with van der Waals surface area (Å²) >= 11 is 0. The number of aryl methyl sites for hydroxylation is 1. The van der Waals surface area contributed by atoms with Gasteiger partial charge in [0, 0.05) is 0 Å². The second-order valence-electron chi connectivity index (χ2n) is 7.94. The van der Waals surface area contributed by atoms with Gasteiger partial charge < -0.3 is 5.11 Å². The van der Waals surface area contributed by atoms with Crippen LogP contribution in [0.25, 0.3) is 0 Å². The van der Waals surface area contributed by atoms with E-state index in [1.54, 1.807) is 0 Å². The van der Waals surface area contributed by atoms with Crippen molar-refractivity contribution in [1.82, 2.24) is 0 Å². The van der Waals surface area contributed by atoms with E-state index in [1.807, 2.05) is 6.07 Å². The van der Waals surface area contributed by atoms with Gasteiger partial charge in [0.1, 0.15) is 5.75 Å². The van der Waals surface area contributed by atoms with Gasteiger partial charge in [-0.05, 0) is 54.9 Å². The Balaban J connectivity index is 2.51. The quantitative estimate of drug-likeness (QED) is 0.295. The molecule has 0 heterocycles. The zero-order valence-electron chi connectivity index (χ0n) is 17.9. The highest BCUT2D eigenvalue weighted by molar-refractivity contribution is 5.44. The van der Waals surface area contributed by atoms with Gasteiger partial charge in [-0.1, -0.05) is 97.5 Å². The molecule has 1 aromatic carbocycles. The first-order chi connectivity index (χ1) is 12.7. The Bertz CT molecular complexity index is 463. The van der Waals surface area contributed by atoms with Crippen LogP contribution in [0, 0.1) is 0 Å². The van der Waals surface area contributed by atoms with Crippen LogP contribution in [0.2, 0.25) is 0 Å². The molecule has 26 heavy (non-hydrogen) atoms. The van der Waals surface area contributed by atoms with Crippen molar-refractivity contribution in [3.63, 3.8) is 0 Å². The molecule has 0 fully saturated rings. The molecular weight excluding hydrogens is 316 g/mol.